The van der Waals surface area contributed by atoms with Crippen LogP contribution in [-0.2, 0) is 9.53 Å². The van der Waals surface area contributed by atoms with Crippen molar-refractivity contribution in [3.63, 3.8) is 0 Å². The third-order valence-corrected chi connectivity index (χ3v) is 4.12. The van der Waals surface area contributed by atoms with Gasteiger partial charge < -0.3 is 4.74 Å². The number of carbonyl (C=O) groups excluding carboxylic acids is 1. The second kappa shape index (κ2) is 8.74. The van der Waals surface area contributed by atoms with Crippen LogP contribution in [0.15, 0.2) is 0 Å². The Bertz CT molecular complexity index is 316. The average molecular weight is 298 g/mol. The number of unbranched alkanes of at least 4 members (excludes halogenated alkanes) is 2. The number of nitrogens with one attached hydrogen (secondary N) is 1. The van der Waals surface area contributed by atoms with Crippen molar-refractivity contribution < 1.29 is 9.53 Å². The highest BCUT2D eigenvalue weighted by Crippen LogP contribution is 2.24. The van der Waals surface area contributed by atoms with Gasteiger partial charge in [-0.15, -0.1) is 0 Å². The van der Waals surface area contributed by atoms with Crippen molar-refractivity contribution in [1.82, 2.24) is 10.2 Å². The number of hydrogen-bond acceptors (Lipinski definition) is 4. The maximum absolute atomic E-state index is 12.4. The Morgan fingerprint density at radius 2 is 2.00 bits per heavy atom. The number of ether oxygens (including phenoxy) is 1. The molecule has 0 aliphatic heterocycles. The van der Waals surface area contributed by atoms with Gasteiger partial charge in [0.25, 0.3) is 0 Å². The topological polar surface area (TPSA) is 41.6 Å². The van der Waals surface area contributed by atoms with Crippen LogP contribution in [0.3, 0.4) is 0 Å². The third-order valence-electron chi connectivity index (χ3n) is 4.12. The van der Waals surface area contributed by atoms with E-state index in [4.69, 9.17) is 4.74 Å². The van der Waals surface area contributed by atoms with E-state index in [1.807, 2.05) is 13.8 Å². The van der Waals surface area contributed by atoms with Gasteiger partial charge in [0.15, 0.2) is 0 Å². The molecule has 0 heterocycles. The molecule has 0 radical (unpaired) electrons. The molecule has 0 spiro atoms. The van der Waals surface area contributed by atoms with Crippen molar-refractivity contribution in [3.8, 4) is 0 Å². The molecule has 1 aliphatic carbocycles. The summed E-state index contributed by atoms with van der Waals surface area (Å²) in [7, 11) is 0. The van der Waals surface area contributed by atoms with Crippen LogP contribution in [0, 0.1) is 0 Å². The predicted octanol–water partition coefficient (Wildman–Crippen LogP) is 2.96. The van der Waals surface area contributed by atoms with Gasteiger partial charge in [0.2, 0.25) is 0 Å². The van der Waals surface area contributed by atoms with Gasteiger partial charge in [0.05, 0.1) is 6.61 Å². The lowest BCUT2D eigenvalue weighted by Gasteiger charge is -2.36. The zero-order chi connectivity index (χ0) is 15.9. The van der Waals surface area contributed by atoms with Crippen LogP contribution in [-0.4, -0.2) is 48.2 Å². The molecule has 124 valence electrons. The molecule has 4 nitrogen and oxygen atoms in total. The van der Waals surface area contributed by atoms with Crippen molar-refractivity contribution >= 4 is 5.97 Å². The monoisotopic (exact) mass is 298 g/mol. The van der Waals surface area contributed by atoms with Gasteiger partial charge >= 0.3 is 5.97 Å². The molecule has 0 aromatic carbocycles. The number of esters is 1. The van der Waals surface area contributed by atoms with Crippen LogP contribution >= 0.6 is 0 Å². The summed E-state index contributed by atoms with van der Waals surface area (Å²) in [6.07, 6.45) is 6.01. The first kappa shape index (κ1) is 18.4. The van der Waals surface area contributed by atoms with Crippen LogP contribution in [0.5, 0.6) is 0 Å². The maximum Gasteiger partial charge on any atom is 0.327 e. The highest BCUT2D eigenvalue weighted by atomic mass is 16.5. The van der Waals surface area contributed by atoms with Gasteiger partial charge in [-0.3, -0.25) is 15.0 Å². The van der Waals surface area contributed by atoms with Gasteiger partial charge in [-0.1, -0.05) is 19.8 Å². The molecule has 1 rings (SSSR count). The van der Waals surface area contributed by atoms with Gasteiger partial charge in [-0.25, -0.2) is 0 Å². The van der Waals surface area contributed by atoms with Gasteiger partial charge in [0.1, 0.15) is 5.54 Å². The Labute approximate surface area is 130 Å². The summed E-state index contributed by atoms with van der Waals surface area (Å²) in [4.78, 5) is 14.8. The van der Waals surface area contributed by atoms with E-state index in [9.17, 15) is 4.79 Å². The Balaban J connectivity index is 2.68. The standard InChI is InChI=1S/C17H34N2O2/c1-6-8-9-12-19(14(3)4)13-17(5,16(20)21-7-2)18-15-10-11-15/h14-15,18H,6-13H2,1-5H3. The fraction of sp³-hybridized carbons (Fsp3) is 0.941. The fourth-order valence-electron chi connectivity index (χ4n) is 2.63. The first-order chi connectivity index (χ1) is 9.92. The number of carbonyl (C=O) groups is 1. The van der Waals surface area contributed by atoms with Gasteiger partial charge in [0, 0.05) is 18.6 Å². The SMILES string of the molecule is CCCCCN(CC(C)(NC1CC1)C(=O)OCC)C(C)C. The molecule has 1 saturated carbocycles. The minimum absolute atomic E-state index is 0.113. The van der Waals surface area contributed by atoms with E-state index in [0.717, 1.165) is 13.1 Å². The summed E-state index contributed by atoms with van der Waals surface area (Å²) in [5.41, 5.74) is -0.590. The van der Waals surface area contributed by atoms with E-state index in [0.29, 0.717) is 18.7 Å². The van der Waals surface area contributed by atoms with Crippen molar-refractivity contribution in [3.05, 3.63) is 0 Å². The van der Waals surface area contributed by atoms with Crippen molar-refractivity contribution in [2.24, 2.45) is 0 Å². The predicted molar refractivity (Wildman–Crippen MR) is 87.4 cm³/mol. The molecule has 0 aromatic heterocycles. The van der Waals surface area contributed by atoms with Crippen LogP contribution < -0.4 is 5.32 Å². The van der Waals surface area contributed by atoms with Crippen LogP contribution in [0.1, 0.15) is 66.7 Å². The second-order valence-electron chi connectivity index (χ2n) is 6.74. The van der Waals surface area contributed by atoms with Crippen molar-refractivity contribution in [1.29, 1.82) is 0 Å². The molecule has 0 aromatic rings. The van der Waals surface area contributed by atoms with E-state index in [-0.39, 0.29) is 5.97 Å². The van der Waals surface area contributed by atoms with Crippen LogP contribution in [0.4, 0.5) is 0 Å². The fourth-order valence-corrected chi connectivity index (χ4v) is 2.63. The number of rotatable bonds is 11. The normalized spacial score (nSPS) is 18.0. The van der Waals surface area contributed by atoms with Gasteiger partial charge in [-0.05, 0) is 53.5 Å². The van der Waals surface area contributed by atoms with E-state index in [1.54, 1.807) is 0 Å². The quantitative estimate of drug-likeness (QED) is 0.470. The highest BCUT2D eigenvalue weighted by molar-refractivity contribution is 5.80. The Kier molecular flexibility index (Phi) is 7.67. The zero-order valence-corrected chi connectivity index (χ0v) is 14.6. The molecule has 0 amide bonds. The van der Waals surface area contributed by atoms with E-state index >= 15 is 0 Å². The van der Waals surface area contributed by atoms with E-state index in [2.05, 4.69) is 31.0 Å². The molecule has 1 fully saturated rings. The lowest BCUT2D eigenvalue weighted by Crippen LogP contribution is -2.59. The lowest BCUT2D eigenvalue weighted by molar-refractivity contribution is -0.151. The van der Waals surface area contributed by atoms with Crippen LogP contribution in [0.2, 0.25) is 0 Å². The molecule has 4 heteroatoms. The van der Waals surface area contributed by atoms with Crippen molar-refractivity contribution in [2.45, 2.75) is 84.3 Å². The lowest BCUT2D eigenvalue weighted by atomic mass is 10.00. The summed E-state index contributed by atoms with van der Waals surface area (Å²) in [6.45, 7) is 12.7. The molecule has 1 unspecified atom stereocenters. The average Bonchev–Trinajstić information content (AvgIpc) is 3.21. The van der Waals surface area contributed by atoms with Crippen molar-refractivity contribution in [2.75, 3.05) is 19.7 Å². The molecule has 1 aliphatic rings. The molecule has 0 bridgehead atoms. The third kappa shape index (κ3) is 6.35. The van der Waals surface area contributed by atoms with Crippen LogP contribution in [0.25, 0.3) is 0 Å². The summed E-state index contributed by atoms with van der Waals surface area (Å²) in [5.74, 6) is -0.113. The second-order valence-corrected chi connectivity index (χ2v) is 6.74. The first-order valence-corrected chi connectivity index (χ1v) is 8.62. The molecular formula is C17H34N2O2. The number of hydrogen-bond donors (Lipinski definition) is 1. The molecular weight excluding hydrogens is 264 g/mol. The van der Waals surface area contributed by atoms with Gasteiger partial charge in [-0.2, -0.15) is 0 Å². The molecule has 21 heavy (non-hydrogen) atoms. The molecule has 0 saturated heterocycles. The number of nitrogens with zero attached hydrogens (tertiary/aromatic N) is 1. The minimum atomic E-state index is -0.590. The molecule has 1 N–H and O–H groups in total. The summed E-state index contributed by atoms with van der Waals surface area (Å²) in [6, 6.07) is 0.931. The highest BCUT2D eigenvalue weighted by Gasteiger charge is 2.41. The molecule has 1 atom stereocenters. The maximum atomic E-state index is 12.4. The summed E-state index contributed by atoms with van der Waals surface area (Å²) < 4.78 is 5.31. The Hall–Kier alpha value is -0.610. The van der Waals surface area contributed by atoms with E-state index < -0.39 is 5.54 Å². The Morgan fingerprint density at radius 3 is 2.48 bits per heavy atom. The minimum Gasteiger partial charge on any atom is -0.465 e. The summed E-state index contributed by atoms with van der Waals surface area (Å²) in [5, 5.41) is 3.51. The smallest absolute Gasteiger partial charge is 0.327 e. The van der Waals surface area contributed by atoms with E-state index in [1.165, 1.54) is 32.1 Å². The zero-order valence-electron chi connectivity index (χ0n) is 14.6. The first-order valence-electron chi connectivity index (χ1n) is 8.62. The summed E-state index contributed by atoms with van der Waals surface area (Å²) >= 11 is 0. The largest absolute Gasteiger partial charge is 0.465 e. The Morgan fingerprint density at radius 1 is 1.33 bits per heavy atom.